The fourth-order valence-corrected chi connectivity index (χ4v) is 3.08. The van der Waals surface area contributed by atoms with Crippen molar-refractivity contribution in [2.24, 2.45) is 10.7 Å². The van der Waals surface area contributed by atoms with Crippen LogP contribution in [0.5, 0.6) is 5.75 Å². The van der Waals surface area contributed by atoms with Gasteiger partial charge in [0.25, 0.3) is 11.7 Å². The van der Waals surface area contributed by atoms with Gasteiger partial charge < -0.3 is 14.9 Å². The molecular formula is C22H17N4O6+. The number of rotatable bonds is 4. The molecule has 160 valence electrons. The molecule has 1 aliphatic rings. The molecule has 32 heavy (non-hydrogen) atoms. The van der Waals surface area contributed by atoms with Crippen LogP contribution in [0.25, 0.3) is 11.0 Å². The average molecular weight is 433 g/mol. The highest BCUT2D eigenvalue weighted by atomic mass is 16.5. The molecule has 0 saturated carbocycles. The highest BCUT2D eigenvalue weighted by Gasteiger charge is 2.42. The second-order valence-electron chi connectivity index (χ2n) is 6.80. The zero-order valence-electron chi connectivity index (χ0n) is 16.8. The van der Waals surface area contributed by atoms with E-state index in [1.54, 1.807) is 48.5 Å². The molecule has 1 aliphatic heterocycles. The quantitative estimate of drug-likeness (QED) is 0.486. The lowest BCUT2D eigenvalue weighted by molar-refractivity contribution is -0.342. The molecule has 1 aromatic heterocycles. The predicted octanol–water partition coefficient (Wildman–Crippen LogP) is 1.43. The Kier molecular flexibility index (Phi) is 5.34. The zero-order valence-corrected chi connectivity index (χ0v) is 16.8. The van der Waals surface area contributed by atoms with Crippen LogP contribution in [0.3, 0.4) is 0 Å². The van der Waals surface area contributed by atoms with Gasteiger partial charge in [0.05, 0.1) is 7.05 Å². The lowest BCUT2D eigenvalue weighted by atomic mass is 10.2. The van der Waals surface area contributed by atoms with Gasteiger partial charge in [-0.1, -0.05) is 18.2 Å². The monoisotopic (exact) mass is 433 g/mol. The first-order valence-corrected chi connectivity index (χ1v) is 9.43. The van der Waals surface area contributed by atoms with Crippen LogP contribution in [-0.4, -0.2) is 52.5 Å². The molecule has 0 atom stereocenters. The Bertz CT molecular complexity index is 1370. The minimum atomic E-state index is -0.805. The molecule has 0 unspecified atom stereocenters. The van der Waals surface area contributed by atoms with Crippen LogP contribution in [0.2, 0.25) is 0 Å². The fourth-order valence-electron chi connectivity index (χ4n) is 3.08. The molecule has 2 aromatic carbocycles. The summed E-state index contributed by atoms with van der Waals surface area (Å²) in [5, 5.41) is 0.687. The van der Waals surface area contributed by atoms with Crippen LogP contribution in [0.15, 0.2) is 74.9 Å². The molecule has 4 rings (SSSR count). The second-order valence-corrected chi connectivity index (χ2v) is 6.80. The summed E-state index contributed by atoms with van der Waals surface area (Å²) in [5.41, 5.74) is 5.88. The van der Waals surface area contributed by atoms with Crippen molar-refractivity contribution >= 4 is 46.0 Å². The molecule has 0 spiro atoms. The number of ether oxygens (including phenoxy) is 1. The molecule has 10 heteroatoms. The van der Waals surface area contributed by atoms with Gasteiger partial charge in [-0.15, -0.1) is 0 Å². The lowest BCUT2D eigenvalue weighted by Crippen LogP contribution is -2.55. The number of hydrogen-bond acceptors (Lipinski definition) is 7. The Morgan fingerprint density at radius 2 is 1.81 bits per heavy atom. The van der Waals surface area contributed by atoms with E-state index in [9.17, 15) is 19.2 Å². The molecule has 0 fully saturated rings. The Balaban J connectivity index is 1.59. The maximum Gasteiger partial charge on any atom is 0.451 e. The van der Waals surface area contributed by atoms with Gasteiger partial charge in [-0.05, 0) is 30.3 Å². The van der Waals surface area contributed by atoms with Crippen molar-refractivity contribution in [3.63, 3.8) is 0 Å². The van der Waals surface area contributed by atoms with E-state index in [-0.39, 0.29) is 17.3 Å². The number of amidine groups is 1. The third-order valence-corrected chi connectivity index (χ3v) is 4.68. The van der Waals surface area contributed by atoms with Crippen LogP contribution in [-0.2, 0) is 9.59 Å². The molecule has 10 nitrogen and oxygen atoms in total. The van der Waals surface area contributed by atoms with Crippen LogP contribution in [0, 0.1) is 0 Å². The third-order valence-electron chi connectivity index (χ3n) is 4.68. The van der Waals surface area contributed by atoms with Crippen molar-refractivity contribution in [1.82, 2.24) is 4.90 Å². The average Bonchev–Trinajstić information content (AvgIpc) is 2.79. The SMILES string of the molecule is CN1C(=O)C(=NC(=O)COc2ccc3ccc(=O)oc3c2)C(N)=[N+](c2ccccc2)C1=O. The first kappa shape index (κ1) is 20.7. The number of benzene rings is 2. The number of hydrogen-bond donors (Lipinski definition) is 1. The minimum absolute atomic E-state index is 0.259. The Labute approximate surface area is 180 Å². The van der Waals surface area contributed by atoms with Crippen molar-refractivity contribution in [2.45, 2.75) is 0 Å². The number of fused-ring (bicyclic) bond motifs is 1. The summed E-state index contributed by atoms with van der Waals surface area (Å²) in [7, 11) is 1.27. The van der Waals surface area contributed by atoms with E-state index in [1.807, 2.05) is 0 Å². The molecule has 0 aliphatic carbocycles. The summed E-state index contributed by atoms with van der Waals surface area (Å²) in [4.78, 5) is 53.4. The van der Waals surface area contributed by atoms with Gasteiger partial charge in [0.2, 0.25) is 5.71 Å². The van der Waals surface area contributed by atoms with E-state index in [0.29, 0.717) is 16.7 Å². The molecule has 0 saturated heterocycles. The van der Waals surface area contributed by atoms with Crippen molar-refractivity contribution in [2.75, 3.05) is 13.7 Å². The predicted molar refractivity (Wildman–Crippen MR) is 114 cm³/mol. The van der Waals surface area contributed by atoms with Crippen LogP contribution in [0.1, 0.15) is 0 Å². The number of carbonyl (C=O) groups is 3. The number of amides is 4. The number of imide groups is 1. The normalized spacial score (nSPS) is 15.5. The van der Waals surface area contributed by atoms with Crippen molar-refractivity contribution < 1.29 is 28.1 Å². The van der Waals surface area contributed by atoms with E-state index in [2.05, 4.69) is 4.99 Å². The van der Waals surface area contributed by atoms with Gasteiger partial charge >= 0.3 is 17.6 Å². The van der Waals surface area contributed by atoms with Gasteiger partial charge in [-0.25, -0.2) is 14.4 Å². The highest BCUT2D eigenvalue weighted by molar-refractivity contribution is 6.68. The van der Waals surface area contributed by atoms with Crippen molar-refractivity contribution in [3.8, 4) is 5.75 Å². The topological polar surface area (TPSA) is 135 Å². The third kappa shape index (κ3) is 3.88. The van der Waals surface area contributed by atoms with E-state index >= 15 is 0 Å². The van der Waals surface area contributed by atoms with E-state index < -0.39 is 30.1 Å². The summed E-state index contributed by atoms with van der Waals surface area (Å²) in [6, 6.07) is 15.4. The highest BCUT2D eigenvalue weighted by Crippen LogP contribution is 2.20. The van der Waals surface area contributed by atoms with Crippen LogP contribution >= 0.6 is 0 Å². The largest absolute Gasteiger partial charge is 0.484 e. The molecule has 2 N–H and O–H groups in total. The first-order valence-electron chi connectivity index (χ1n) is 9.43. The molecule has 0 radical (unpaired) electrons. The van der Waals surface area contributed by atoms with Crippen molar-refractivity contribution in [3.05, 3.63) is 71.1 Å². The van der Waals surface area contributed by atoms with Crippen LogP contribution in [0.4, 0.5) is 10.5 Å². The van der Waals surface area contributed by atoms with E-state index in [4.69, 9.17) is 14.9 Å². The maximum atomic E-state index is 12.6. The first-order chi connectivity index (χ1) is 15.3. The number of para-hydroxylation sites is 1. The summed E-state index contributed by atoms with van der Waals surface area (Å²) < 4.78 is 11.6. The zero-order chi connectivity index (χ0) is 22.8. The number of nitrogens with zero attached hydrogens (tertiary/aromatic N) is 3. The molecule has 0 bridgehead atoms. The molecule has 3 aromatic rings. The number of carbonyl (C=O) groups excluding carboxylic acids is 3. The fraction of sp³-hybridized carbons (Fsp3) is 0.0909. The number of aliphatic imine (C=N–C) groups is 1. The van der Waals surface area contributed by atoms with Gasteiger partial charge in [0, 0.05) is 17.5 Å². The lowest BCUT2D eigenvalue weighted by Gasteiger charge is -2.20. The van der Waals surface area contributed by atoms with E-state index in [0.717, 1.165) is 9.48 Å². The van der Waals surface area contributed by atoms with Gasteiger partial charge in [0.15, 0.2) is 6.61 Å². The van der Waals surface area contributed by atoms with Gasteiger partial charge in [0.1, 0.15) is 17.0 Å². The number of urea groups is 1. The minimum Gasteiger partial charge on any atom is -0.484 e. The summed E-state index contributed by atoms with van der Waals surface area (Å²) in [6.07, 6.45) is 0. The molecule has 4 amide bonds. The smallest absolute Gasteiger partial charge is 0.451 e. The Morgan fingerprint density at radius 3 is 2.56 bits per heavy atom. The standard InChI is InChI=1S/C22H16N4O6/c1-25-21(29)19(20(23)26(22(25)30)14-5-3-2-4-6-14)24-17(27)12-31-15-9-7-13-8-10-18(28)32-16(13)11-15/h2-11,23H,12H2,1H3/p+1. The van der Waals surface area contributed by atoms with Gasteiger partial charge in [-0.2, -0.15) is 14.5 Å². The second kappa shape index (κ2) is 8.26. The van der Waals surface area contributed by atoms with E-state index in [1.165, 1.54) is 19.2 Å². The van der Waals surface area contributed by atoms with Gasteiger partial charge in [-0.3, -0.25) is 4.79 Å². The van der Waals surface area contributed by atoms with Crippen molar-refractivity contribution in [1.29, 1.82) is 0 Å². The summed E-state index contributed by atoms with van der Waals surface area (Å²) in [5.74, 6) is -1.59. The summed E-state index contributed by atoms with van der Waals surface area (Å²) in [6.45, 7) is -0.504. The van der Waals surface area contributed by atoms with Crippen LogP contribution < -0.4 is 16.1 Å². The summed E-state index contributed by atoms with van der Waals surface area (Å²) >= 11 is 0. The molecule has 2 heterocycles. The Morgan fingerprint density at radius 1 is 1.09 bits per heavy atom. The Hall–Kier alpha value is -4.60. The number of nitrogens with two attached hydrogens (primary N) is 1. The molecular weight excluding hydrogens is 416 g/mol. The maximum absolute atomic E-state index is 12.6.